The minimum absolute atomic E-state index is 0.279. The number of nitrogens with zero attached hydrogens (tertiary/aromatic N) is 1. The zero-order valence-electron chi connectivity index (χ0n) is 12.0. The quantitative estimate of drug-likeness (QED) is 0.741. The molecule has 0 aliphatic carbocycles. The third-order valence-corrected chi connectivity index (χ3v) is 3.76. The summed E-state index contributed by atoms with van der Waals surface area (Å²) in [7, 11) is 0. The van der Waals surface area contributed by atoms with Gasteiger partial charge in [-0.1, -0.05) is 29.8 Å². The number of rotatable bonds is 6. The van der Waals surface area contributed by atoms with E-state index in [1.807, 2.05) is 18.2 Å². The number of halogens is 1. The molecule has 2 rings (SSSR count). The summed E-state index contributed by atoms with van der Waals surface area (Å²) < 4.78 is 6.20. The lowest BCUT2D eigenvalue weighted by molar-refractivity contribution is 0.267. The molecule has 2 aromatic rings. The first-order valence-electron chi connectivity index (χ1n) is 7.08. The molecule has 0 radical (unpaired) electrons. The van der Waals surface area contributed by atoms with E-state index in [0.717, 1.165) is 47.9 Å². The second-order valence-corrected chi connectivity index (χ2v) is 5.92. The third kappa shape index (κ3) is 3.70. The molecule has 1 aromatic carbocycles. The summed E-state index contributed by atoms with van der Waals surface area (Å²) >= 11 is 3.41. The highest BCUT2D eigenvalue weighted by Gasteiger charge is 2.10. The van der Waals surface area contributed by atoms with Crippen LogP contribution in [0.2, 0.25) is 0 Å². The van der Waals surface area contributed by atoms with E-state index in [2.05, 4.69) is 34.7 Å². The summed E-state index contributed by atoms with van der Waals surface area (Å²) in [6.45, 7) is 7.25. The van der Waals surface area contributed by atoms with Crippen LogP contribution in [-0.2, 0) is 6.54 Å². The normalized spacial score (nSPS) is 11.4. The Morgan fingerprint density at radius 2 is 1.85 bits per heavy atom. The smallest absolute Gasteiger partial charge is 0.336 e. The molecule has 0 saturated carbocycles. The van der Waals surface area contributed by atoms with Crippen LogP contribution in [0.4, 0.5) is 0 Å². The van der Waals surface area contributed by atoms with E-state index < -0.39 is 0 Å². The molecule has 4 heteroatoms. The standard InChI is InChI=1S/C16H20BrNO2/c1-3-7-18(8-4-2)11-12-9-16(19)20-15-10-13(17)5-6-14(12)15/h5-6,9-10H,3-4,7-8,11H2,1-2H3. The summed E-state index contributed by atoms with van der Waals surface area (Å²) in [5.41, 5.74) is 1.42. The third-order valence-electron chi connectivity index (χ3n) is 3.27. The van der Waals surface area contributed by atoms with Crippen molar-refractivity contribution in [3.05, 3.63) is 44.7 Å². The van der Waals surface area contributed by atoms with Crippen molar-refractivity contribution in [1.82, 2.24) is 4.90 Å². The number of fused-ring (bicyclic) bond motifs is 1. The van der Waals surface area contributed by atoms with Gasteiger partial charge in [0.2, 0.25) is 0 Å². The van der Waals surface area contributed by atoms with Crippen molar-refractivity contribution in [2.24, 2.45) is 0 Å². The van der Waals surface area contributed by atoms with Gasteiger partial charge in [0.25, 0.3) is 0 Å². The van der Waals surface area contributed by atoms with Gasteiger partial charge in [0.15, 0.2) is 0 Å². The lowest BCUT2D eigenvalue weighted by Crippen LogP contribution is -2.25. The molecule has 0 saturated heterocycles. The Hall–Kier alpha value is -1.13. The van der Waals surface area contributed by atoms with Crippen LogP contribution in [0.3, 0.4) is 0 Å². The Morgan fingerprint density at radius 3 is 2.50 bits per heavy atom. The van der Waals surface area contributed by atoms with E-state index in [-0.39, 0.29) is 5.63 Å². The van der Waals surface area contributed by atoms with Crippen molar-refractivity contribution in [3.8, 4) is 0 Å². The predicted molar refractivity (Wildman–Crippen MR) is 86.0 cm³/mol. The second kappa shape index (κ2) is 7.04. The van der Waals surface area contributed by atoms with Crippen molar-refractivity contribution in [3.63, 3.8) is 0 Å². The molecule has 0 amide bonds. The molecular formula is C16H20BrNO2. The average Bonchev–Trinajstić information content (AvgIpc) is 2.38. The van der Waals surface area contributed by atoms with Gasteiger partial charge in [0.05, 0.1) is 0 Å². The van der Waals surface area contributed by atoms with Crippen LogP contribution in [0.1, 0.15) is 32.3 Å². The zero-order chi connectivity index (χ0) is 14.5. The van der Waals surface area contributed by atoms with Crippen molar-refractivity contribution in [2.75, 3.05) is 13.1 Å². The van der Waals surface area contributed by atoms with Crippen molar-refractivity contribution < 1.29 is 4.42 Å². The number of hydrogen-bond acceptors (Lipinski definition) is 3. The largest absolute Gasteiger partial charge is 0.423 e. The van der Waals surface area contributed by atoms with E-state index in [9.17, 15) is 4.79 Å². The molecule has 0 aliphatic rings. The number of benzene rings is 1. The fraction of sp³-hybridized carbons (Fsp3) is 0.438. The Morgan fingerprint density at radius 1 is 1.15 bits per heavy atom. The first-order valence-corrected chi connectivity index (χ1v) is 7.88. The summed E-state index contributed by atoms with van der Waals surface area (Å²) in [4.78, 5) is 14.1. The highest BCUT2D eigenvalue weighted by molar-refractivity contribution is 9.10. The monoisotopic (exact) mass is 337 g/mol. The number of hydrogen-bond donors (Lipinski definition) is 0. The van der Waals surface area contributed by atoms with Crippen LogP contribution in [0, 0.1) is 0 Å². The SMILES string of the molecule is CCCN(CCC)Cc1cc(=O)oc2cc(Br)ccc12. The molecule has 0 fully saturated rings. The molecule has 3 nitrogen and oxygen atoms in total. The molecule has 1 aromatic heterocycles. The van der Waals surface area contributed by atoms with Gasteiger partial charge in [0.1, 0.15) is 5.58 Å². The Labute approximate surface area is 127 Å². The maximum atomic E-state index is 11.7. The lowest BCUT2D eigenvalue weighted by atomic mass is 10.1. The van der Waals surface area contributed by atoms with E-state index in [1.165, 1.54) is 0 Å². The molecular weight excluding hydrogens is 318 g/mol. The van der Waals surface area contributed by atoms with Crippen LogP contribution in [0.25, 0.3) is 11.0 Å². The fourth-order valence-corrected chi connectivity index (χ4v) is 2.82. The maximum absolute atomic E-state index is 11.7. The van der Waals surface area contributed by atoms with E-state index >= 15 is 0 Å². The molecule has 0 spiro atoms. The van der Waals surface area contributed by atoms with Crippen LogP contribution in [0.5, 0.6) is 0 Å². The van der Waals surface area contributed by atoms with E-state index in [1.54, 1.807) is 6.07 Å². The predicted octanol–water partition coefficient (Wildman–Crippen LogP) is 4.18. The minimum atomic E-state index is -0.279. The molecule has 0 bridgehead atoms. The molecule has 0 N–H and O–H groups in total. The molecule has 108 valence electrons. The molecule has 20 heavy (non-hydrogen) atoms. The van der Waals surface area contributed by atoms with Gasteiger partial charge >= 0.3 is 5.63 Å². The van der Waals surface area contributed by atoms with Gasteiger partial charge < -0.3 is 4.42 Å². The first-order chi connectivity index (χ1) is 9.63. The minimum Gasteiger partial charge on any atom is -0.423 e. The summed E-state index contributed by atoms with van der Waals surface area (Å²) in [5.74, 6) is 0. The highest BCUT2D eigenvalue weighted by Crippen LogP contribution is 2.22. The van der Waals surface area contributed by atoms with Gasteiger partial charge in [-0.15, -0.1) is 0 Å². The van der Waals surface area contributed by atoms with E-state index in [4.69, 9.17) is 4.42 Å². The maximum Gasteiger partial charge on any atom is 0.336 e. The second-order valence-electron chi connectivity index (χ2n) is 5.01. The highest BCUT2D eigenvalue weighted by atomic mass is 79.9. The van der Waals surface area contributed by atoms with Gasteiger partial charge in [-0.3, -0.25) is 4.90 Å². The molecule has 0 aliphatic heterocycles. The Kier molecular flexibility index (Phi) is 5.38. The van der Waals surface area contributed by atoms with Crippen LogP contribution >= 0.6 is 15.9 Å². The van der Waals surface area contributed by atoms with Gasteiger partial charge in [-0.2, -0.15) is 0 Å². The molecule has 0 unspecified atom stereocenters. The topological polar surface area (TPSA) is 33.5 Å². The molecule has 1 heterocycles. The van der Waals surface area contributed by atoms with Gasteiger partial charge in [0, 0.05) is 22.5 Å². The van der Waals surface area contributed by atoms with Crippen molar-refractivity contribution in [1.29, 1.82) is 0 Å². The molecule has 0 atom stereocenters. The Bertz CT molecular complexity index is 630. The van der Waals surface area contributed by atoms with Crippen LogP contribution in [-0.4, -0.2) is 18.0 Å². The van der Waals surface area contributed by atoms with Crippen LogP contribution in [0.15, 0.2) is 37.9 Å². The first kappa shape index (κ1) is 15.3. The zero-order valence-corrected chi connectivity index (χ0v) is 13.6. The van der Waals surface area contributed by atoms with Gasteiger partial charge in [-0.05, 0) is 49.7 Å². The van der Waals surface area contributed by atoms with E-state index in [0.29, 0.717) is 5.58 Å². The van der Waals surface area contributed by atoms with Gasteiger partial charge in [-0.25, -0.2) is 4.79 Å². The summed E-state index contributed by atoms with van der Waals surface area (Å²) in [6.07, 6.45) is 2.23. The fourth-order valence-electron chi connectivity index (χ4n) is 2.48. The van der Waals surface area contributed by atoms with Crippen LogP contribution < -0.4 is 5.63 Å². The summed E-state index contributed by atoms with van der Waals surface area (Å²) in [6, 6.07) is 7.46. The van der Waals surface area contributed by atoms with Crippen molar-refractivity contribution in [2.45, 2.75) is 33.2 Å². The summed E-state index contributed by atoms with van der Waals surface area (Å²) in [5, 5.41) is 1.02. The Balaban J connectivity index is 2.39. The average molecular weight is 338 g/mol. The van der Waals surface area contributed by atoms with Crippen molar-refractivity contribution >= 4 is 26.9 Å². The lowest BCUT2D eigenvalue weighted by Gasteiger charge is -2.21.